The third-order valence-corrected chi connectivity index (χ3v) is 2.55. The number of hydrogen-bond donors (Lipinski definition) is 2. The van der Waals surface area contributed by atoms with Crippen molar-refractivity contribution in [2.45, 2.75) is 19.9 Å². The average Bonchev–Trinajstić information content (AvgIpc) is 2.17. The van der Waals surface area contributed by atoms with Crippen LogP contribution in [-0.2, 0) is 0 Å². The molecule has 0 spiro atoms. The maximum Gasteiger partial charge on any atom is 0.130 e. The van der Waals surface area contributed by atoms with E-state index in [0.29, 0.717) is 0 Å². The van der Waals surface area contributed by atoms with Crippen molar-refractivity contribution in [1.29, 1.82) is 0 Å². The molecular formula is C11H16ClF2NO. The van der Waals surface area contributed by atoms with E-state index in [0.717, 1.165) is 12.1 Å². The van der Waals surface area contributed by atoms with Gasteiger partial charge in [-0.1, -0.05) is 19.9 Å². The van der Waals surface area contributed by atoms with Gasteiger partial charge >= 0.3 is 0 Å². The molecule has 0 fully saturated rings. The Bertz CT molecular complexity index is 358. The molecule has 0 saturated carbocycles. The van der Waals surface area contributed by atoms with Crippen molar-refractivity contribution >= 4 is 12.4 Å². The van der Waals surface area contributed by atoms with Gasteiger partial charge in [-0.3, -0.25) is 0 Å². The maximum atomic E-state index is 13.4. The second kappa shape index (κ2) is 5.57. The highest BCUT2D eigenvalue weighted by molar-refractivity contribution is 5.85. The molecule has 0 saturated heterocycles. The summed E-state index contributed by atoms with van der Waals surface area (Å²) in [7, 11) is 0. The molecule has 5 heteroatoms. The van der Waals surface area contributed by atoms with Crippen LogP contribution in [0.1, 0.15) is 25.5 Å². The van der Waals surface area contributed by atoms with Crippen molar-refractivity contribution in [3.8, 4) is 0 Å². The monoisotopic (exact) mass is 251 g/mol. The van der Waals surface area contributed by atoms with Gasteiger partial charge in [-0.05, 0) is 6.07 Å². The molecule has 0 aromatic heterocycles. The third-order valence-electron chi connectivity index (χ3n) is 2.55. The van der Waals surface area contributed by atoms with Crippen LogP contribution < -0.4 is 5.73 Å². The molecule has 0 aliphatic carbocycles. The van der Waals surface area contributed by atoms with Crippen LogP contribution in [0.5, 0.6) is 0 Å². The van der Waals surface area contributed by atoms with Gasteiger partial charge in [0, 0.05) is 29.7 Å². The van der Waals surface area contributed by atoms with Crippen LogP contribution in [0.4, 0.5) is 8.78 Å². The van der Waals surface area contributed by atoms with E-state index in [9.17, 15) is 8.78 Å². The smallest absolute Gasteiger partial charge is 0.130 e. The maximum absolute atomic E-state index is 13.4. The molecule has 2 nitrogen and oxygen atoms in total. The van der Waals surface area contributed by atoms with Gasteiger partial charge in [0.05, 0.1) is 0 Å². The summed E-state index contributed by atoms with van der Waals surface area (Å²) >= 11 is 0. The largest absolute Gasteiger partial charge is 0.396 e. The summed E-state index contributed by atoms with van der Waals surface area (Å²) in [6, 6.07) is 2.60. The molecule has 0 radical (unpaired) electrons. The summed E-state index contributed by atoms with van der Waals surface area (Å²) in [5.74, 6) is -1.31. The van der Waals surface area contributed by atoms with Crippen LogP contribution >= 0.6 is 12.4 Å². The van der Waals surface area contributed by atoms with Gasteiger partial charge in [-0.25, -0.2) is 8.78 Å². The van der Waals surface area contributed by atoms with Gasteiger partial charge in [0.25, 0.3) is 0 Å². The van der Waals surface area contributed by atoms with Gasteiger partial charge in [0.15, 0.2) is 0 Å². The molecule has 1 aromatic rings. The minimum Gasteiger partial charge on any atom is -0.396 e. The van der Waals surface area contributed by atoms with E-state index in [2.05, 4.69) is 0 Å². The van der Waals surface area contributed by atoms with Crippen molar-refractivity contribution in [2.24, 2.45) is 11.1 Å². The van der Waals surface area contributed by atoms with Gasteiger partial charge in [-0.15, -0.1) is 12.4 Å². The first-order valence-electron chi connectivity index (χ1n) is 4.70. The summed E-state index contributed by atoms with van der Waals surface area (Å²) in [5, 5.41) is 9.09. The van der Waals surface area contributed by atoms with Gasteiger partial charge < -0.3 is 10.8 Å². The first-order chi connectivity index (χ1) is 6.88. The molecule has 0 aliphatic rings. The Morgan fingerprint density at radius 2 is 1.94 bits per heavy atom. The number of halogens is 3. The Balaban J connectivity index is 0.00000225. The predicted octanol–water partition coefficient (Wildman–Crippen LogP) is 2.40. The first-order valence-corrected chi connectivity index (χ1v) is 4.70. The lowest BCUT2D eigenvalue weighted by Crippen LogP contribution is -2.33. The highest BCUT2D eigenvalue weighted by Crippen LogP contribution is 2.32. The van der Waals surface area contributed by atoms with E-state index < -0.39 is 23.1 Å². The van der Waals surface area contributed by atoms with E-state index in [-0.39, 0.29) is 24.6 Å². The Labute approximate surface area is 99.9 Å². The zero-order chi connectivity index (χ0) is 11.6. The van der Waals surface area contributed by atoms with E-state index in [4.69, 9.17) is 10.8 Å². The van der Waals surface area contributed by atoms with E-state index in [1.807, 2.05) is 0 Å². The SMILES string of the molecule is CC(C)(CO)[C@H](N)c1ccc(F)cc1F.Cl. The minimum absolute atomic E-state index is 0. The summed E-state index contributed by atoms with van der Waals surface area (Å²) in [5.41, 5.74) is 5.39. The van der Waals surface area contributed by atoms with Crippen molar-refractivity contribution in [2.75, 3.05) is 6.61 Å². The lowest BCUT2D eigenvalue weighted by molar-refractivity contribution is 0.130. The van der Waals surface area contributed by atoms with E-state index >= 15 is 0 Å². The second-order valence-corrected chi connectivity index (χ2v) is 4.29. The molecule has 92 valence electrons. The number of rotatable bonds is 3. The van der Waals surface area contributed by atoms with Crippen LogP contribution in [0.25, 0.3) is 0 Å². The molecule has 0 unspecified atom stereocenters. The number of hydrogen-bond acceptors (Lipinski definition) is 2. The fourth-order valence-electron chi connectivity index (χ4n) is 1.27. The minimum atomic E-state index is -0.677. The van der Waals surface area contributed by atoms with Crippen molar-refractivity contribution < 1.29 is 13.9 Å². The van der Waals surface area contributed by atoms with Crippen LogP contribution in [0, 0.1) is 17.0 Å². The fraction of sp³-hybridized carbons (Fsp3) is 0.455. The van der Waals surface area contributed by atoms with E-state index in [1.165, 1.54) is 6.07 Å². The Kier molecular flexibility index (Phi) is 5.32. The molecule has 0 heterocycles. The normalized spacial score (nSPS) is 13.1. The number of nitrogens with two attached hydrogens (primary N) is 1. The van der Waals surface area contributed by atoms with Gasteiger partial charge in [-0.2, -0.15) is 0 Å². The van der Waals surface area contributed by atoms with E-state index in [1.54, 1.807) is 13.8 Å². The lowest BCUT2D eigenvalue weighted by Gasteiger charge is -2.29. The van der Waals surface area contributed by atoms with Crippen LogP contribution in [0.2, 0.25) is 0 Å². The molecule has 3 N–H and O–H groups in total. The molecular weight excluding hydrogens is 236 g/mol. The summed E-state index contributed by atoms with van der Waals surface area (Å²) in [4.78, 5) is 0. The van der Waals surface area contributed by atoms with Crippen molar-refractivity contribution in [1.82, 2.24) is 0 Å². The fourth-order valence-corrected chi connectivity index (χ4v) is 1.27. The number of benzene rings is 1. The van der Waals surface area contributed by atoms with Gasteiger partial charge in [0.1, 0.15) is 11.6 Å². The predicted molar refractivity (Wildman–Crippen MR) is 61.4 cm³/mol. The van der Waals surface area contributed by atoms with Crippen LogP contribution in [0.3, 0.4) is 0 Å². The van der Waals surface area contributed by atoms with Crippen molar-refractivity contribution in [3.63, 3.8) is 0 Å². The summed E-state index contributed by atoms with van der Waals surface area (Å²) in [6.45, 7) is 3.28. The Morgan fingerprint density at radius 1 is 1.38 bits per heavy atom. The topological polar surface area (TPSA) is 46.2 Å². The third kappa shape index (κ3) is 3.14. The second-order valence-electron chi connectivity index (χ2n) is 4.29. The molecule has 1 aromatic carbocycles. The lowest BCUT2D eigenvalue weighted by atomic mass is 9.81. The number of aliphatic hydroxyl groups is 1. The first kappa shape index (κ1) is 15.3. The van der Waals surface area contributed by atoms with Gasteiger partial charge in [0.2, 0.25) is 0 Å². The zero-order valence-electron chi connectivity index (χ0n) is 9.21. The molecule has 1 rings (SSSR count). The Hall–Kier alpha value is -0.710. The highest BCUT2D eigenvalue weighted by Gasteiger charge is 2.28. The Morgan fingerprint density at radius 3 is 2.38 bits per heavy atom. The average molecular weight is 252 g/mol. The summed E-state index contributed by atoms with van der Waals surface area (Å²) in [6.07, 6.45) is 0. The molecule has 1 atom stereocenters. The zero-order valence-corrected chi connectivity index (χ0v) is 10.0. The van der Waals surface area contributed by atoms with Crippen molar-refractivity contribution in [3.05, 3.63) is 35.4 Å². The summed E-state index contributed by atoms with van der Waals surface area (Å²) < 4.78 is 26.0. The molecule has 0 amide bonds. The molecule has 0 bridgehead atoms. The molecule has 16 heavy (non-hydrogen) atoms. The standard InChI is InChI=1S/C11H15F2NO.ClH/c1-11(2,6-15)10(14)8-4-3-7(12)5-9(8)13;/h3-5,10,15H,6,14H2,1-2H3;1H/t10-;/m1./s1. The van der Waals surface area contributed by atoms with Crippen LogP contribution in [-0.4, -0.2) is 11.7 Å². The quantitative estimate of drug-likeness (QED) is 0.867. The molecule has 0 aliphatic heterocycles. The van der Waals surface area contributed by atoms with Crippen LogP contribution in [0.15, 0.2) is 18.2 Å². The number of aliphatic hydroxyl groups excluding tert-OH is 1. The highest BCUT2D eigenvalue weighted by atomic mass is 35.5.